The molecule has 0 radical (unpaired) electrons. The lowest BCUT2D eigenvalue weighted by atomic mass is 10.1. The van der Waals surface area contributed by atoms with Crippen LogP contribution in [0.4, 0.5) is 5.69 Å². The highest BCUT2D eigenvalue weighted by molar-refractivity contribution is 7.89. The van der Waals surface area contributed by atoms with E-state index in [1.807, 2.05) is 0 Å². The smallest absolute Gasteiger partial charge is 0.244 e. The highest BCUT2D eigenvalue weighted by Crippen LogP contribution is 2.28. The van der Waals surface area contributed by atoms with Gasteiger partial charge in [-0.1, -0.05) is 6.42 Å². The van der Waals surface area contributed by atoms with E-state index in [0.29, 0.717) is 5.69 Å². The number of nitrogen functional groups attached to an aromatic ring is 1. The van der Waals surface area contributed by atoms with Crippen LogP contribution in [-0.4, -0.2) is 33.3 Å². The van der Waals surface area contributed by atoms with Crippen LogP contribution < -0.4 is 15.2 Å². The Kier molecular flexibility index (Phi) is 4.52. The summed E-state index contributed by atoms with van der Waals surface area (Å²) in [5.74, 6) is 0.218. The van der Waals surface area contributed by atoms with Gasteiger partial charge in [0.2, 0.25) is 10.0 Å². The zero-order valence-electron chi connectivity index (χ0n) is 11.4. The number of rotatable bonds is 5. The second-order valence-corrected chi connectivity index (χ2v) is 6.76. The molecular formula is C13H20N2O4S. The van der Waals surface area contributed by atoms with E-state index in [9.17, 15) is 13.5 Å². The van der Waals surface area contributed by atoms with Crippen LogP contribution in [0.3, 0.4) is 0 Å². The predicted molar refractivity (Wildman–Crippen MR) is 75.9 cm³/mol. The molecule has 7 heteroatoms. The minimum atomic E-state index is -3.70. The molecule has 0 aliphatic heterocycles. The van der Waals surface area contributed by atoms with Gasteiger partial charge in [0, 0.05) is 12.2 Å². The van der Waals surface area contributed by atoms with Crippen molar-refractivity contribution < 1.29 is 18.3 Å². The topological polar surface area (TPSA) is 102 Å². The normalized spacial score (nSPS) is 22.9. The minimum Gasteiger partial charge on any atom is -0.495 e. The third-order valence-electron chi connectivity index (χ3n) is 3.63. The van der Waals surface area contributed by atoms with Gasteiger partial charge in [-0.3, -0.25) is 0 Å². The van der Waals surface area contributed by atoms with Crippen molar-refractivity contribution in [2.75, 3.05) is 19.4 Å². The number of aliphatic hydroxyl groups excluding tert-OH is 1. The molecule has 1 aliphatic carbocycles. The van der Waals surface area contributed by atoms with Gasteiger partial charge in [-0.05, 0) is 37.0 Å². The van der Waals surface area contributed by atoms with Crippen LogP contribution in [0.15, 0.2) is 23.1 Å². The van der Waals surface area contributed by atoms with Crippen LogP contribution in [0.25, 0.3) is 0 Å². The number of methoxy groups -OCH3 is 1. The molecule has 2 atom stereocenters. The summed E-state index contributed by atoms with van der Waals surface area (Å²) < 4.78 is 32.2. The quantitative estimate of drug-likeness (QED) is 0.695. The van der Waals surface area contributed by atoms with Crippen molar-refractivity contribution in [2.45, 2.75) is 30.3 Å². The first-order valence-corrected chi connectivity index (χ1v) is 8.03. The molecule has 0 saturated heterocycles. The average molecular weight is 300 g/mol. The van der Waals surface area contributed by atoms with E-state index in [4.69, 9.17) is 10.5 Å². The molecule has 2 unspecified atom stereocenters. The lowest BCUT2D eigenvalue weighted by Crippen LogP contribution is -2.32. The molecule has 1 aromatic rings. The molecule has 6 nitrogen and oxygen atoms in total. The van der Waals surface area contributed by atoms with Crippen LogP contribution in [0.5, 0.6) is 5.75 Å². The van der Waals surface area contributed by atoms with Crippen molar-refractivity contribution in [3.05, 3.63) is 18.2 Å². The number of hydrogen-bond acceptors (Lipinski definition) is 5. The second kappa shape index (κ2) is 5.99. The van der Waals surface area contributed by atoms with E-state index in [1.165, 1.54) is 19.2 Å². The Hall–Kier alpha value is -1.31. The molecule has 20 heavy (non-hydrogen) atoms. The van der Waals surface area contributed by atoms with Gasteiger partial charge >= 0.3 is 0 Å². The molecule has 2 rings (SSSR count). The highest BCUT2D eigenvalue weighted by Gasteiger charge is 2.28. The Bertz CT molecular complexity index is 574. The molecule has 0 amide bonds. The Balaban J connectivity index is 2.15. The van der Waals surface area contributed by atoms with Gasteiger partial charge in [0.05, 0.1) is 13.2 Å². The molecule has 1 saturated carbocycles. The van der Waals surface area contributed by atoms with Gasteiger partial charge in [0.15, 0.2) is 0 Å². The maximum absolute atomic E-state index is 12.3. The Labute approximate surface area is 119 Å². The van der Waals surface area contributed by atoms with Gasteiger partial charge < -0.3 is 15.6 Å². The van der Waals surface area contributed by atoms with E-state index in [-0.39, 0.29) is 23.1 Å². The van der Waals surface area contributed by atoms with E-state index in [0.717, 1.165) is 19.3 Å². The zero-order valence-corrected chi connectivity index (χ0v) is 12.2. The van der Waals surface area contributed by atoms with Crippen molar-refractivity contribution in [3.8, 4) is 5.75 Å². The van der Waals surface area contributed by atoms with Gasteiger partial charge in [0.1, 0.15) is 10.6 Å². The summed E-state index contributed by atoms with van der Waals surface area (Å²) in [6.07, 6.45) is 2.06. The number of sulfonamides is 1. The molecule has 1 aromatic carbocycles. The molecule has 0 heterocycles. The summed E-state index contributed by atoms with van der Waals surface area (Å²) in [6, 6.07) is 4.47. The highest BCUT2D eigenvalue weighted by atomic mass is 32.2. The molecular weight excluding hydrogens is 280 g/mol. The number of nitrogens with one attached hydrogen (secondary N) is 1. The lowest BCUT2D eigenvalue weighted by Gasteiger charge is -2.16. The van der Waals surface area contributed by atoms with Gasteiger partial charge in [-0.25, -0.2) is 13.1 Å². The summed E-state index contributed by atoms with van der Waals surface area (Å²) in [4.78, 5) is 0.0208. The largest absolute Gasteiger partial charge is 0.495 e. The maximum atomic E-state index is 12.3. The van der Waals surface area contributed by atoms with Crippen LogP contribution in [0.1, 0.15) is 19.3 Å². The third-order valence-corrected chi connectivity index (χ3v) is 5.08. The number of aliphatic hydroxyl groups is 1. The van der Waals surface area contributed by atoms with Crippen molar-refractivity contribution in [2.24, 2.45) is 5.92 Å². The van der Waals surface area contributed by atoms with Crippen LogP contribution in [-0.2, 0) is 10.0 Å². The number of nitrogens with two attached hydrogens (primary N) is 1. The van der Waals surface area contributed by atoms with E-state index in [2.05, 4.69) is 4.72 Å². The fourth-order valence-electron chi connectivity index (χ4n) is 2.45. The maximum Gasteiger partial charge on any atom is 0.244 e. The van der Waals surface area contributed by atoms with Crippen LogP contribution in [0, 0.1) is 5.92 Å². The first-order chi connectivity index (χ1) is 9.44. The van der Waals surface area contributed by atoms with E-state index >= 15 is 0 Å². The Morgan fingerprint density at radius 1 is 1.45 bits per heavy atom. The predicted octanol–water partition coefficient (Wildman–Crippen LogP) is 0.717. The van der Waals surface area contributed by atoms with Gasteiger partial charge in [-0.2, -0.15) is 0 Å². The third kappa shape index (κ3) is 3.23. The first kappa shape index (κ1) is 15.1. The van der Waals surface area contributed by atoms with Crippen LogP contribution >= 0.6 is 0 Å². The Morgan fingerprint density at radius 2 is 2.20 bits per heavy atom. The fraction of sp³-hybridized carbons (Fsp3) is 0.538. The number of hydrogen-bond donors (Lipinski definition) is 3. The molecule has 0 spiro atoms. The summed E-state index contributed by atoms with van der Waals surface area (Å²) in [6.45, 7) is 0.224. The standard InChI is InChI=1S/C13H20N2O4S/c1-19-12-6-5-10(14)7-13(12)20(17,18)15-8-9-3-2-4-11(9)16/h5-7,9,11,15-16H,2-4,8,14H2,1H3. The second-order valence-electron chi connectivity index (χ2n) is 5.02. The number of anilines is 1. The number of ether oxygens (including phenoxy) is 1. The fourth-order valence-corrected chi connectivity index (χ4v) is 3.75. The first-order valence-electron chi connectivity index (χ1n) is 6.55. The molecule has 4 N–H and O–H groups in total. The van der Waals surface area contributed by atoms with Crippen molar-refractivity contribution >= 4 is 15.7 Å². The molecule has 0 bridgehead atoms. The number of benzene rings is 1. The SMILES string of the molecule is COc1ccc(N)cc1S(=O)(=O)NCC1CCCC1O. The molecule has 0 aromatic heterocycles. The summed E-state index contributed by atoms with van der Waals surface area (Å²) in [5, 5.41) is 9.72. The molecule has 112 valence electrons. The van der Waals surface area contributed by atoms with Crippen molar-refractivity contribution in [1.82, 2.24) is 4.72 Å². The molecule has 1 fully saturated rings. The summed E-state index contributed by atoms with van der Waals surface area (Å²) in [5.41, 5.74) is 5.99. The average Bonchev–Trinajstić information content (AvgIpc) is 2.82. The van der Waals surface area contributed by atoms with Gasteiger partial charge in [0.25, 0.3) is 0 Å². The zero-order chi connectivity index (χ0) is 14.8. The van der Waals surface area contributed by atoms with E-state index < -0.39 is 16.1 Å². The minimum absolute atomic E-state index is 0.0208. The monoisotopic (exact) mass is 300 g/mol. The van der Waals surface area contributed by atoms with Crippen molar-refractivity contribution in [1.29, 1.82) is 0 Å². The Morgan fingerprint density at radius 3 is 2.80 bits per heavy atom. The summed E-state index contributed by atoms with van der Waals surface area (Å²) in [7, 11) is -2.29. The molecule has 1 aliphatic rings. The van der Waals surface area contributed by atoms with Crippen molar-refractivity contribution in [3.63, 3.8) is 0 Å². The van der Waals surface area contributed by atoms with E-state index in [1.54, 1.807) is 6.07 Å². The summed E-state index contributed by atoms with van der Waals surface area (Å²) >= 11 is 0. The van der Waals surface area contributed by atoms with Gasteiger partial charge in [-0.15, -0.1) is 0 Å². The van der Waals surface area contributed by atoms with Crippen LogP contribution in [0.2, 0.25) is 0 Å². The lowest BCUT2D eigenvalue weighted by molar-refractivity contribution is 0.134.